The van der Waals surface area contributed by atoms with Gasteiger partial charge in [0, 0.05) is 31.5 Å². The van der Waals surface area contributed by atoms with E-state index in [1.54, 1.807) is 20.8 Å². The third kappa shape index (κ3) is 8.59. The number of allylic oxidation sites excluding steroid dienone is 1. The smallest absolute Gasteiger partial charge is 0.392 e. The van der Waals surface area contributed by atoms with Crippen LogP contribution in [0, 0.1) is 5.92 Å². The molecule has 0 bridgehead atoms. The summed E-state index contributed by atoms with van der Waals surface area (Å²) in [7, 11) is -0.388. The average molecular weight is 397 g/mol. The van der Waals surface area contributed by atoms with Crippen molar-refractivity contribution in [1.82, 2.24) is 0 Å². The molecular weight excluding hydrogens is 371 g/mol. The van der Waals surface area contributed by atoms with Gasteiger partial charge in [-0.1, -0.05) is 0 Å². The lowest BCUT2D eigenvalue weighted by atomic mass is 9.94. The van der Waals surface area contributed by atoms with E-state index in [-0.39, 0.29) is 17.9 Å². The molecule has 0 heterocycles. The van der Waals surface area contributed by atoms with Gasteiger partial charge in [0.15, 0.2) is 0 Å². The zero-order valence-corrected chi connectivity index (χ0v) is 16.4. The summed E-state index contributed by atoms with van der Waals surface area (Å²) < 4.78 is 60.2. The van der Waals surface area contributed by atoms with Crippen LogP contribution in [-0.2, 0) is 20.5 Å². The van der Waals surface area contributed by atoms with E-state index in [4.69, 9.17) is 5.73 Å². The lowest BCUT2D eigenvalue weighted by molar-refractivity contribution is -0.182. The second-order valence-electron chi connectivity index (χ2n) is 6.36. The van der Waals surface area contributed by atoms with Gasteiger partial charge >= 0.3 is 12.1 Å². The van der Waals surface area contributed by atoms with Gasteiger partial charge in [-0.2, -0.15) is 17.6 Å². The topological polar surface area (TPSA) is 94.1 Å². The molecule has 0 aromatic rings. The van der Waals surface area contributed by atoms with Gasteiger partial charge in [-0.25, -0.2) is 4.21 Å². The monoisotopic (exact) mass is 397 g/mol. The van der Waals surface area contributed by atoms with Crippen molar-refractivity contribution < 1.29 is 26.9 Å². The van der Waals surface area contributed by atoms with Crippen molar-refractivity contribution in [2.45, 2.75) is 51.5 Å². The summed E-state index contributed by atoms with van der Waals surface area (Å²) in [6.45, 7) is 6.42. The zero-order chi connectivity index (χ0) is 20.5. The molecule has 0 aromatic carbocycles. The predicted octanol–water partition coefficient (Wildman–Crippen LogP) is 2.95. The van der Waals surface area contributed by atoms with Crippen molar-refractivity contribution in [1.29, 1.82) is 0 Å². The molecule has 150 valence electrons. The minimum Gasteiger partial charge on any atom is -0.466 e. The Hall–Kier alpha value is -1.71. The number of carbonyl (C=O) groups excluding carboxylic acids is 1. The third-order valence-electron chi connectivity index (χ3n) is 3.12. The van der Waals surface area contributed by atoms with E-state index in [0.717, 1.165) is 6.20 Å². The zero-order valence-electron chi connectivity index (χ0n) is 15.6. The fraction of sp³-hybridized carbons (Fsp3) is 0.688. The van der Waals surface area contributed by atoms with Crippen LogP contribution >= 0.6 is 0 Å². The van der Waals surface area contributed by atoms with E-state index in [9.17, 15) is 22.2 Å². The highest BCUT2D eigenvalue weighted by Crippen LogP contribution is 2.33. The van der Waals surface area contributed by atoms with Gasteiger partial charge in [0.05, 0.1) is 29.4 Å². The molecule has 0 saturated carbocycles. The molecule has 0 saturated heterocycles. The number of nitrogens with zero attached hydrogens (tertiary/aromatic N) is 2. The molecule has 26 heavy (non-hydrogen) atoms. The van der Waals surface area contributed by atoms with Gasteiger partial charge in [-0.15, -0.1) is 0 Å². The maximum Gasteiger partial charge on any atom is 0.392 e. The van der Waals surface area contributed by atoms with Crippen molar-refractivity contribution in [3.8, 4) is 0 Å². The van der Waals surface area contributed by atoms with Crippen LogP contribution in [0.5, 0.6) is 0 Å². The van der Waals surface area contributed by atoms with E-state index < -0.39 is 46.6 Å². The van der Waals surface area contributed by atoms with Crippen LogP contribution in [0.1, 0.15) is 40.5 Å². The van der Waals surface area contributed by atoms with Crippen LogP contribution in [0.15, 0.2) is 21.2 Å². The van der Waals surface area contributed by atoms with Crippen molar-refractivity contribution >= 4 is 28.9 Å². The molecule has 10 heteroatoms. The van der Waals surface area contributed by atoms with Gasteiger partial charge in [-0.05, 0) is 27.7 Å². The number of halogens is 3. The van der Waals surface area contributed by atoms with Gasteiger partial charge in [0.2, 0.25) is 0 Å². The van der Waals surface area contributed by atoms with Crippen molar-refractivity contribution in [2.75, 3.05) is 13.7 Å². The van der Waals surface area contributed by atoms with Gasteiger partial charge < -0.3 is 10.5 Å². The van der Waals surface area contributed by atoms with E-state index in [1.165, 1.54) is 20.2 Å². The van der Waals surface area contributed by atoms with Crippen molar-refractivity contribution in [3.05, 3.63) is 11.8 Å². The summed E-state index contributed by atoms with van der Waals surface area (Å²) in [5.41, 5.74) is 5.46. The van der Waals surface area contributed by atoms with Gasteiger partial charge in [0.25, 0.3) is 0 Å². The first-order chi connectivity index (χ1) is 11.9. The number of aliphatic imine (C=N–C) groups is 1. The maximum absolute atomic E-state index is 13.4. The number of alkyl halides is 3. The Kier molecular flexibility index (Phi) is 9.75. The number of ether oxygens (including phenoxy) is 1. The normalized spacial score (nSPS) is 16.6. The average Bonchev–Trinajstić information content (AvgIpc) is 2.49. The minimum atomic E-state index is -4.67. The van der Waals surface area contributed by atoms with Gasteiger partial charge in [0.1, 0.15) is 11.0 Å². The number of hydrogen-bond acceptors (Lipinski definition) is 5. The molecule has 0 unspecified atom stereocenters. The molecule has 2 N–H and O–H groups in total. The van der Waals surface area contributed by atoms with Crippen LogP contribution in [0.4, 0.5) is 13.2 Å². The summed E-state index contributed by atoms with van der Waals surface area (Å²) in [4.78, 5) is 15.3. The highest BCUT2D eigenvalue weighted by Gasteiger charge is 2.42. The number of esters is 1. The molecule has 0 aliphatic heterocycles. The first kappa shape index (κ1) is 24.3. The molecule has 6 nitrogen and oxygen atoms in total. The lowest BCUT2D eigenvalue weighted by Crippen LogP contribution is -2.30. The molecule has 0 rings (SSSR count). The molecular formula is C16H26F3N3O3S. The Morgan fingerprint density at radius 2 is 1.85 bits per heavy atom. The standard InChI is InChI=1S/C16H26F3N3O3S/c1-6-25-14(23)8-12(16(17,18)19)7-13(11(9-20)10-21-5)22-26(24)15(2,3)4/h9-10,12H,6-8,20H2,1-5H3/t12-,26+/m0/s1. The largest absolute Gasteiger partial charge is 0.466 e. The molecule has 0 radical (unpaired) electrons. The number of hydrogen-bond donors (Lipinski definition) is 1. The highest BCUT2D eigenvalue weighted by atomic mass is 32.2. The third-order valence-corrected chi connectivity index (χ3v) is 4.55. The van der Waals surface area contributed by atoms with E-state index in [0.29, 0.717) is 0 Å². The summed E-state index contributed by atoms with van der Waals surface area (Å²) >= 11 is 0. The van der Waals surface area contributed by atoms with Crippen LogP contribution in [0.2, 0.25) is 0 Å². The molecule has 0 fully saturated rings. The van der Waals surface area contributed by atoms with E-state index >= 15 is 0 Å². The Morgan fingerprint density at radius 3 is 2.23 bits per heavy atom. The minimum absolute atomic E-state index is 0.0190. The molecule has 2 atom stereocenters. The first-order valence-electron chi connectivity index (χ1n) is 7.93. The summed E-state index contributed by atoms with van der Waals surface area (Å²) in [6.07, 6.45) is -3.92. The molecule has 0 aliphatic carbocycles. The van der Waals surface area contributed by atoms with Gasteiger partial charge in [-0.3, -0.25) is 9.79 Å². The maximum atomic E-state index is 13.4. The fourth-order valence-corrected chi connectivity index (χ4v) is 2.41. The van der Waals surface area contributed by atoms with Crippen molar-refractivity contribution in [2.24, 2.45) is 21.0 Å². The summed E-state index contributed by atoms with van der Waals surface area (Å²) in [6, 6.07) is 0. The fourth-order valence-electron chi connectivity index (χ4n) is 1.76. The van der Waals surface area contributed by atoms with Crippen LogP contribution < -0.4 is 5.73 Å². The number of rotatable bonds is 8. The Bertz CT molecular complexity index is 594. The quantitative estimate of drug-likeness (QED) is 0.503. The van der Waals surface area contributed by atoms with Crippen LogP contribution in [0.25, 0.3) is 0 Å². The Balaban J connectivity index is 5.89. The SMILES string of the molecule is CCOC(=O)C[C@H](CC(=N[S@](=O)C(C)(C)C)C(C=NC)=CN)C(F)(F)F. The predicted molar refractivity (Wildman–Crippen MR) is 97.4 cm³/mol. The highest BCUT2D eigenvalue weighted by molar-refractivity contribution is 7.85. The molecule has 0 aliphatic rings. The van der Waals surface area contributed by atoms with E-state index in [1.807, 2.05) is 0 Å². The van der Waals surface area contributed by atoms with Crippen LogP contribution in [-0.4, -0.2) is 46.7 Å². The van der Waals surface area contributed by atoms with Crippen molar-refractivity contribution in [3.63, 3.8) is 0 Å². The number of nitrogens with two attached hydrogens (primary N) is 1. The molecule has 0 amide bonds. The summed E-state index contributed by atoms with van der Waals surface area (Å²) in [5, 5.41) is 0. The lowest BCUT2D eigenvalue weighted by Gasteiger charge is -2.21. The second-order valence-corrected chi connectivity index (χ2v) is 8.27. The Labute approximate surface area is 154 Å². The molecule has 0 aromatic heterocycles. The number of carbonyl (C=O) groups is 1. The Morgan fingerprint density at radius 1 is 1.27 bits per heavy atom. The first-order valence-corrected chi connectivity index (χ1v) is 9.03. The van der Waals surface area contributed by atoms with E-state index in [2.05, 4.69) is 14.1 Å². The van der Waals surface area contributed by atoms with Crippen LogP contribution in [0.3, 0.4) is 0 Å². The summed E-state index contributed by atoms with van der Waals surface area (Å²) in [5.74, 6) is -3.01. The second kappa shape index (κ2) is 10.4. The molecule has 0 spiro atoms.